The number of hydrogen-bond acceptors (Lipinski definition) is 3. The summed E-state index contributed by atoms with van der Waals surface area (Å²) in [5.74, 6) is 0.285. The van der Waals surface area contributed by atoms with E-state index in [-0.39, 0.29) is 11.8 Å². The molecule has 0 bridgehead atoms. The zero-order valence-electron chi connectivity index (χ0n) is 14.7. The summed E-state index contributed by atoms with van der Waals surface area (Å²) < 4.78 is 5.41. The van der Waals surface area contributed by atoms with Crippen molar-refractivity contribution in [3.63, 3.8) is 0 Å². The van der Waals surface area contributed by atoms with Gasteiger partial charge in [0.25, 0.3) is 0 Å². The highest BCUT2D eigenvalue weighted by atomic mass is 16.5. The Balaban J connectivity index is 1.93. The normalized spacial score (nSPS) is 17.7. The molecule has 1 fully saturated rings. The van der Waals surface area contributed by atoms with E-state index < -0.39 is 0 Å². The zero-order chi connectivity index (χ0) is 16.7. The number of ether oxygens (including phenoxy) is 1. The first-order valence-corrected chi connectivity index (χ1v) is 8.86. The van der Waals surface area contributed by atoms with Crippen molar-refractivity contribution < 1.29 is 9.53 Å². The van der Waals surface area contributed by atoms with Crippen LogP contribution in [0.3, 0.4) is 0 Å². The minimum Gasteiger partial charge on any atom is -0.380 e. The molecule has 1 saturated heterocycles. The molecular formula is C19H30N2O2. The van der Waals surface area contributed by atoms with Crippen LogP contribution in [0.15, 0.2) is 24.3 Å². The number of carbonyl (C=O) groups excluding carboxylic acids is 1. The molecule has 2 rings (SSSR count). The van der Waals surface area contributed by atoms with Gasteiger partial charge in [0.05, 0.1) is 6.10 Å². The Kier molecular flexibility index (Phi) is 6.90. The fourth-order valence-electron chi connectivity index (χ4n) is 3.26. The highest BCUT2D eigenvalue weighted by Crippen LogP contribution is 2.24. The molecule has 0 aliphatic carbocycles. The fourth-order valence-corrected chi connectivity index (χ4v) is 3.26. The summed E-state index contributed by atoms with van der Waals surface area (Å²) in [7, 11) is 1.77. The third-order valence-electron chi connectivity index (χ3n) is 4.62. The molecule has 1 unspecified atom stereocenters. The van der Waals surface area contributed by atoms with E-state index in [0.29, 0.717) is 6.10 Å². The van der Waals surface area contributed by atoms with Crippen LogP contribution in [-0.4, -0.2) is 32.2 Å². The number of carbonyl (C=O) groups is 1. The van der Waals surface area contributed by atoms with Crippen LogP contribution in [0, 0.1) is 5.92 Å². The molecule has 4 heteroatoms. The summed E-state index contributed by atoms with van der Waals surface area (Å²) >= 11 is 0. The second kappa shape index (κ2) is 8.92. The molecule has 1 heterocycles. The molecule has 1 aliphatic heterocycles. The molecule has 1 amide bonds. The van der Waals surface area contributed by atoms with E-state index >= 15 is 0 Å². The first-order valence-electron chi connectivity index (χ1n) is 8.86. The monoisotopic (exact) mass is 318 g/mol. The topological polar surface area (TPSA) is 41.6 Å². The Hall–Kier alpha value is -1.55. The van der Waals surface area contributed by atoms with Gasteiger partial charge in [0.1, 0.15) is 0 Å². The van der Waals surface area contributed by atoms with Crippen molar-refractivity contribution in [1.29, 1.82) is 0 Å². The number of anilines is 2. The van der Waals surface area contributed by atoms with Crippen molar-refractivity contribution in [3.8, 4) is 0 Å². The fraction of sp³-hybridized carbons (Fsp3) is 0.632. The third-order valence-corrected chi connectivity index (χ3v) is 4.62. The number of benzene rings is 1. The van der Waals surface area contributed by atoms with Gasteiger partial charge in [-0.2, -0.15) is 0 Å². The number of nitrogens with zero attached hydrogens (tertiary/aromatic N) is 1. The Morgan fingerprint density at radius 2 is 1.91 bits per heavy atom. The molecule has 1 aliphatic rings. The number of hydrogen-bond donors (Lipinski definition) is 1. The van der Waals surface area contributed by atoms with Gasteiger partial charge in [-0.3, -0.25) is 4.79 Å². The first kappa shape index (κ1) is 17.8. The van der Waals surface area contributed by atoms with E-state index in [9.17, 15) is 4.79 Å². The Morgan fingerprint density at radius 3 is 2.43 bits per heavy atom. The van der Waals surface area contributed by atoms with Crippen LogP contribution < -0.4 is 10.2 Å². The summed E-state index contributed by atoms with van der Waals surface area (Å²) in [6, 6.07) is 8.18. The van der Waals surface area contributed by atoms with E-state index in [2.05, 4.69) is 36.2 Å². The van der Waals surface area contributed by atoms with E-state index in [1.54, 1.807) is 7.11 Å². The summed E-state index contributed by atoms with van der Waals surface area (Å²) in [4.78, 5) is 14.7. The Labute approximate surface area is 140 Å². The Morgan fingerprint density at radius 1 is 1.26 bits per heavy atom. The maximum absolute atomic E-state index is 12.4. The second-order valence-electron chi connectivity index (χ2n) is 6.40. The maximum atomic E-state index is 12.4. The average molecular weight is 318 g/mol. The van der Waals surface area contributed by atoms with Gasteiger partial charge in [-0.25, -0.2) is 0 Å². The van der Waals surface area contributed by atoms with Crippen LogP contribution in [0.25, 0.3) is 0 Å². The molecule has 1 atom stereocenters. The molecule has 0 aromatic heterocycles. The standard InChI is InChI=1S/C19H30N2O2/c1-4-6-15(7-5-2)19(22)20-16-8-10-17(11-9-16)21-13-12-18(14-21)23-3/h8-11,15,18H,4-7,12-14H2,1-3H3,(H,20,22). The lowest BCUT2D eigenvalue weighted by Crippen LogP contribution is -2.23. The van der Waals surface area contributed by atoms with Crippen molar-refractivity contribution in [2.45, 2.75) is 52.1 Å². The molecule has 1 N–H and O–H groups in total. The minimum absolute atomic E-state index is 0.130. The van der Waals surface area contributed by atoms with Gasteiger partial charge >= 0.3 is 0 Å². The molecule has 1 aromatic rings. The van der Waals surface area contributed by atoms with Gasteiger partial charge in [0.15, 0.2) is 0 Å². The molecule has 0 radical (unpaired) electrons. The van der Waals surface area contributed by atoms with Crippen LogP contribution in [0.5, 0.6) is 0 Å². The molecular weight excluding hydrogens is 288 g/mol. The smallest absolute Gasteiger partial charge is 0.227 e. The predicted molar refractivity (Wildman–Crippen MR) is 96.0 cm³/mol. The third kappa shape index (κ3) is 4.96. The minimum atomic E-state index is 0.130. The summed E-state index contributed by atoms with van der Waals surface area (Å²) in [6.45, 7) is 6.23. The highest BCUT2D eigenvalue weighted by molar-refractivity contribution is 5.92. The molecule has 4 nitrogen and oxygen atoms in total. The zero-order valence-corrected chi connectivity index (χ0v) is 14.7. The SMILES string of the molecule is CCCC(CCC)C(=O)Nc1ccc(N2CCC(OC)C2)cc1. The van der Waals surface area contributed by atoms with Crippen LogP contribution in [0.1, 0.15) is 46.0 Å². The van der Waals surface area contributed by atoms with E-state index in [1.807, 2.05) is 12.1 Å². The Bertz CT molecular complexity index is 481. The lowest BCUT2D eigenvalue weighted by molar-refractivity contribution is -0.120. The molecule has 23 heavy (non-hydrogen) atoms. The number of amides is 1. The number of methoxy groups -OCH3 is 1. The summed E-state index contributed by atoms with van der Waals surface area (Å²) in [6.07, 6.45) is 5.43. The van der Waals surface area contributed by atoms with Crippen molar-refractivity contribution in [2.24, 2.45) is 5.92 Å². The van der Waals surface area contributed by atoms with E-state index in [0.717, 1.165) is 50.9 Å². The van der Waals surface area contributed by atoms with Crippen LogP contribution in [-0.2, 0) is 9.53 Å². The molecule has 1 aromatic carbocycles. The largest absolute Gasteiger partial charge is 0.380 e. The molecule has 128 valence electrons. The van der Waals surface area contributed by atoms with Gasteiger partial charge < -0.3 is 15.0 Å². The summed E-state index contributed by atoms with van der Waals surface area (Å²) in [5.41, 5.74) is 2.08. The van der Waals surface area contributed by atoms with Crippen molar-refractivity contribution >= 4 is 17.3 Å². The van der Waals surface area contributed by atoms with Gasteiger partial charge in [-0.05, 0) is 43.5 Å². The van der Waals surface area contributed by atoms with Gasteiger partial charge in [0.2, 0.25) is 5.91 Å². The predicted octanol–water partition coefficient (Wildman–Crippen LogP) is 4.07. The lowest BCUT2D eigenvalue weighted by Gasteiger charge is -2.19. The highest BCUT2D eigenvalue weighted by Gasteiger charge is 2.22. The molecule has 0 spiro atoms. The van der Waals surface area contributed by atoms with Crippen LogP contribution >= 0.6 is 0 Å². The van der Waals surface area contributed by atoms with Crippen molar-refractivity contribution in [2.75, 3.05) is 30.4 Å². The van der Waals surface area contributed by atoms with E-state index in [1.165, 1.54) is 5.69 Å². The lowest BCUT2D eigenvalue weighted by atomic mass is 9.97. The number of rotatable bonds is 8. The van der Waals surface area contributed by atoms with Gasteiger partial charge in [-0.1, -0.05) is 26.7 Å². The van der Waals surface area contributed by atoms with Crippen LogP contribution in [0.4, 0.5) is 11.4 Å². The van der Waals surface area contributed by atoms with Crippen LogP contribution in [0.2, 0.25) is 0 Å². The quantitative estimate of drug-likeness (QED) is 0.785. The molecule has 0 saturated carbocycles. The maximum Gasteiger partial charge on any atom is 0.227 e. The average Bonchev–Trinajstić information content (AvgIpc) is 3.04. The second-order valence-corrected chi connectivity index (χ2v) is 6.40. The van der Waals surface area contributed by atoms with E-state index in [4.69, 9.17) is 4.74 Å². The number of nitrogens with one attached hydrogen (secondary N) is 1. The van der Waals surface area contributed by atoms with Gasteiger partial charge in [0, 0.05) is 37.5 Å². The summed E-state index contributed by atoms with van der Waals surface area (Å²) in [5, 5.41) is 3.07. The van der Waals surface area contributed by atoms with Gasteiger partial charge in [-0.15, -0.1) is 0 Å². The van der Waals surface area contributed by atoms with Crippen molar-refractivity contribution in [1.82, 2.24) is 0 Å². The first-order chi connectivity index (χ1) is 11.2. The van der Waals surface area contributed by atoms with Crippen molar-refractivity contribution in [3.05, 3.63) is 24.3 Å².